The molecule has 1 heteroatoms. The summed E-state index contributed by atoms with van der Waals surface area (Å²) >= 11 is 0.541. The van der Waals surface area contributed by atoms with Gasteiger partial charge in [-0.05, 0) is 0 Å². The SMILES string of the molecule is CCCCC(C#[C][SnH3])(CCCC)CCCC. The molecule has 0 aromatic rings. The second-order valence-electron chi connectivity index (χ2n) is 4.97. The van der Waals surface area contributed by atoms with Gasteiger partial charge >= 0.3 is 116 Å². The van der Waals surface area contributed by atoms with Crippen molar-refractivity contribution in [2.45, 2.75) is 78.6 Å². The molecule has 0 aliphatic carbocycles. The fourth-order valence-corrected chi connectivity index (χ4v) is 3.89. The van der Waals surface area contributed by atoms with Crippen LogP contribution in [0.2, 0.25) is 0 Å². The van der Waals surface area contributed by atoms with Crippen molar-refractivity contribution in [3.05, 3.63) is 0 Å². The molecule has 0 spiro atoms. The fraction of sp³-hybridized carbons (Fsp3) is 0.867. The summed E-state index contributed by atoms with van der Waals surface area (Å²) in [5.41, 5.74) is 0.397. The van der Waals surface area contributed by atoms with E-state index in [1.54, 1.807) is 0 Å². The summed E-state index contributed by atoms with van der Waals surface area (Å²) in [6.07, 6.45) is 12.0. The van der Waals surface area contributed by atoms with Crippen molar-refractivity contribution in [2.75, 3.05) is 0 Å². The monoisotopic (exact) mass is 330 g/mol. The van der Waals surface area contributed by atoms with Crippen LogP contribution in [0, 0.1) is 15.3 Å². The number of rotatable bonds is 9. The molecule has 0 atom stereocenters. The Balaban J connectivity index is 4.50. The summed E-state index contributed by atoms with van der Waals surface area (Å²) in [4.78, 5) is 0. The maximum atomic E-state index is 3.64. The van der Waals surface area contributed by atoms with Gasteiger partial charge in [0.2, 0.25) is 0 Å². The van der Waals surface area contributed by atoms with Gasteiger partial charge in [0, 0.05) is 0 Å². The van der Waals surface area contributed by atoms with Gasteiger partial charge in [-0.25, -0.2) is 0 Å². The first-order chi connectivity index (χ1) is 7.74. The summed E-state index contributed by atoms with van der Waals surface area (Å²) in [6.45, 7) is 6.88. The Morgan fingerprint density at radius 3 is 1.44 bits per heavy atom. The van der Waals surface area contributed by atoms with E-state index in [4.69, 9.17) is 0 Å². The van der Waals surface area contributed by atoms with Crippen molar-refractivity contribution in [2.24, 2.45) is 5.41 Å². The van der Waals surface area contributed by atoms with Gasteiger partial charge in [-0.3, -0.25) is 0 Å². The quantitative estimate of drug-likeness (QED) is 0.445. The van der Waals surface area contributed by atoms with Crippen molar-refractivity contribution in [3.8, 4) is 9.86 Å². The van der Waals surface area contributed by atoms with Gasteiger partial charge in [0.1, 0.15) is 0 Å². The average Bonchev–Trinajstić information content (AvgIpc) is 2.31. The molecule has 0 bridgehead atoms. The van der Waals surface area contributed by atoms with E-state index in [-0.39, 0.29) is 0 Å². The molecule has 0 fully saturated rings. The van der Waals surface area contributed by atoms with Crippen LogP contribution >= 0.6 is 0 Å². The topological polar surface area (TPSA) is 0 Å². The van der Waals surface area contributed by atoms with Gasteiger partial charge in [-0.1, -0.05) is 0 Å². The minimum atomic E-state index is 0.397. The molecule has 0 aromatic heterocycles. The first-order valence-corrected chi connectivity index (χ1v) is 10.0. The molecule has 0 N–H and O–H groups in total. The zero-order valence-corrected chi connectivity index (χ0v) is 17.6. The second-order valence-corrected chi connectivity index (χ2v) is 6.39. The molecule has 0 unspecified atom stereocenters. The molecule has 0 nitrogen and oxygen atoms in total. The molecule has 0 heterocycles. The van der Waals surface area contributed by atoms with Gasteiger partial charge in [-0.15, -0.1) is 0 Å². The number of hydrogen-bond donors (Lipinski definition) is 0. The molecule has 0 aromatic carbocycles. The van der Waals surface area contributed by atoms with Gasteiger partial charge < -0.3 is 0 Å². The van der Waals surface area contributed by atoms with E-state index in [2.05, 4.69) is 30.6 Å². The molecule has 0 rings (SSSR count). The van der Waals surface area contributed by atoms with Crippen LogP contribution in [0.25, 0.3) is 0 Å². The zero-order chi connectivity index (χ0) is 12.3. The molecule has 94 valence electrons. The first-order valence-electron chi connectivity index (χ1n) is 7.18. The van der Waals surface area contributed by atoms with E-state index in [0.29, 0.717) is 27.9 Å². The Hall–Kier alpha value is 0.359. The molecule has 0 radical (unpaired) electrons. The zero-order valence-electron chi connectivity index (χ0n) is 11.9. The van der Waals surface area contributed by atoms with Crippen molar-refractivity contribution in [1.29, 1.82) is 0 Å². The average molecular weight is 329 g/mol. The standard InChI is InChI=1S/C15H27.Sn.3H/c1-5-9-12-15(8-4,13-10-6-2)14-11-7-3;;;;/h5-7,9-14H2,1-3H3;;;;. The van der Waals surface area contributed by atoms with Crippen LogP contribution in [0.15, 0.2) is 0 Å². The van der Waals surface area contributed by atoms with E-state index in [0.717, 1.165) is 0 Å². The van der Waals surface area contributed by atoms with Gasteiger partial charge in [0.15, 0.2) is 0 Å². The molecule has 0 aliphatic heterocycles. The Morgan fingerprint density at radius 1 is 0.812 bits per heavy atom. The van der Waals surface area contributed by atoms with Crippen LogP contribution in [0.5, 0.6) is 0 Å². The van der Waals surface area contributed by atoms with Crippen LogP contribution < -0.4 is 0 Å². The second kappa shape index (κ2) is 10.5. The normalized spacial score (nSPS) is 11.2. The molecule has 0 saturated carbocycles. The number of hydrogen-bond acceptors (Lipinski definition) is 0. The Morgan fingerprint density at radius 2 is 1.19 bits per heavy atom. The predicted octanol–water partition coefficient (Wildman–Crippen LogP) is 3.87. The van der Waals surface area contributed by atoms with Gasteiger partial charge in [0.05, 0.1) is 0 Å². The van der Waals surface area contributed by atoms with Crippen molar-refractivity contribution < 1.29 is 0 Å². The summed E-state index contributed by atoms with van der Waals surface area (Å²) in [5.74, 6) is 3.64. The van der Waals surface area contributed by atoms with Crippen molar-refractivity contribution in [1.82, 2.24) is 0 Å². The van der Waals surface area contributed by atoms with E-state index < -0.39 is 0 Å². The van der Waals surface area contributed by atoms with Crippen molar-refractivity contribution >= 4 is 22.5 Å². The molecule has 16 heavy (non-hydrogen) atoms. The molecule has 0 saturated heterocycles. The van der Waals surface area contributed by atoms with E-state index in [1.165, 1.54) is 57.8 Å². The van der Waals surface area contributed by atoms with E-state index in [9.17, 15) is 0 Å². The van der Waals surface area contributed by atoms with Gasteiger partial charge in [0.25, 0.3) is 0 Å². The van der Waals surface area contributed by atoms with Crippen LogP contribution in [0.3, 0.4) is 0 Å². The fourth-order valence-electron chi connectivity index (χ4n) is 2.37. The van der Waals surface area contributed by atoms with Gasteiger partial charge in [-0.2, -0.15) is 0 Å². The summed E-state index contributed by atoms with van der Waals surface area (Å²) in [6, 6.07) is 0. The van der Waals surface area contributed by atoms with Crippen LogP contribution in [-0.2, 0) is 0 Å². The summed E-state index contributed by atoms with van der Waals surface area (Å²) in [7, 11) is 0. The summed E-state index contributed by atoms with van der Waals surface area (Å²) < 4.78 is 3.40. The Kier molecular flexibility index (Phi) is 10.7. The summed E-state index contributed by atoms with van der Waals surface area (Å²) in [5, 5.41) is 0. The minimum absolute atomic E-state index is 0.397. The molecule has 0 amide bonds. The molecule has 0 aliphatic rings. The third-order valence-electron chi connectivity index (χ3n) is 3.42. The van der Waals surface area contributed by atoms with Crippen LogP contribution in [0.1, 0.15) is 78.6 Å². The first kappa shape index (κ1) is 16.4. The third kappa shape index (κ3) is 6.84. The predicted molar refractivity (Wildman–Crippen MR) is 78.7 cm³/mol. The Labute approximate surface area is 116 Å². The molecular formula is C15H30Sn. The van der Waals surface area contributed by atoms with E-state index in [1.807, 2.05) is 0 Å². The Bertz CT molecular complexity index is 187. The third-order valence-corrected chi connectivity index (χ3v) is 4.13. The van der Waals surface area contributed by atoms with E-state index >= 15 is 0 Å². The maximum absolute atomic E-state index is 3.64. The van der Waals surface area contributed by atoms with Crippen LogP contribution in [0.4, 0.5) is 0 Å². The number of unbranched alkanes of at least 4 members (excludes halogenated alkanes) is 3. The van der Waals surface area contributed by atoms with Crippen molar-refractivity contribution in [3.63, 3.8) is 0 Å². The van der Waals surface area contributed by atoms with Crippen LogP contribution in [-0.4, -0.2) is 22.5 Å². The molecular weight excluding hydrogens is 299 g/mol.